The van der Waals surface area contributed by atoms with Crippen LogP contribution in [0.5, 0.6) is 5.75 Å². The highest BCUT2D eigenvalue weighted by molar-refractivity contribution is 6.30. The predicted molar refractivity (Wildman–Crippen MR) is 85.6 cm³/mol. The van der Waals surface area contributed by atoms with Crippen molar-refractivity contribution in [1.29, 1.82) is 0 Å². The van der Waals surface area contributed by atoms with Crippen LogP contribution in [0, 0.1) is 5.92 Å². The number of anilines is 1. The molecule has 0 bridgehead atoms. The molecular formula is C17H18N2O3. The minimum Gasteiger partial charge on any atom is -0.490 e. The summed E-state index contributed by atoms with van der Waals surface area (Å²) in [5.74, 6) is 0.232. The molecule has 0 fully saturated rings. The molecule has 2 amide bonds. The van der Waals surface area contributed by atoms with Gasteiger partial charge >= 0.3 is 0 Å². The van der Waals surface area contributed by atoms with E-state index in [1.54, 1.807) is 7.05 Å². The molecule has 22 heavy (non-hydrogen) atoms. The van der Waals surface area contributed by atoms with Crippen LogP contribution in [0.4, 0.5) is 5.69 Å². The second-order valence-corrected chi connectivity index (χ2v) is 5.74. The Bertz CT molecular complexity index is 781. The van der Waals surface area contributed by atoms with Crippen molar-refractivity contribution < 1.29 is 14.3 Å². The molecule has 2 aromatic rings. The fraction of sp³-hybridized carbons (Fsp3) is 0.294. The molecule has 2 N–H and O–H groups in total. The Morgan fingerprint density at radius 1 is 1.09 bits per heavy atom. The quantitative estimate of drug-likeness (QED) is 0.852. The number of nitrogens with one attached hydrogen (secondary N) is 2. The Labute approximate surface area is 128 Å². The van der Waals surface area contributed by atoms with Gasteiger partial charge in [-0.2, -0.15) is 0 Å². The van der Waals surface area contributed by atoms with E-state index in [4.69, 9.17) is 4.74 Å². The number of carbonyl (C=O) groups is 2. The molecule has 0 saturated carbocycles. The van der Waals surface area contributed by atoms with Crippen molar-refractivity contribution in [2.24, 2.45) is 5.92 Å². The number of fused-ring (bicyclic) bond motifs is 3. The summed E-state index contributed by atoms with van der Waals surface area (Å²) in [7, 11) is 1.72. The molecule has 5 nitrogen and oxygen atoms in total. The maximum absolute atomic E-state index is 12.2. The number of imide groups is 1. The minimum absolute atomic E-state index is 0.354. The van der Waals surface area contributed by atoms with Gasteiger partial charge in [-0.3, -0.25) is 14.9 Å². The van der Waals surface area contributed by atoms with Gasteiger partial charge in [0.05, 0.1) is 23.4 Å². The molecule has 3 rings (SSSR count). The van der Waals surface area contributed by atoms with Gasteiger partial charge in [0.15, 0.2) is 5.75 Å². The number of rotatable bonds is 4. The highest BCUT2D eigenvalue weighted by Gasteiger charge is 2.34. The van der Waals surface area contributed by atoms with Gasteiger partial charge in [-0.15, -0.1) is 0 Å². The molecule has 0 aromatic heterocycles. The maximum Gasteiger partial charge on any atom is 0.261 e. The van der Waals surface area contributed by atoms with E-state index in [2.05, 4.69) is 24.5 Å². The van der Waals surface area contributed by atoms with Crippen LogP contribution in [0.3, 0.4) is 0 Å². The lowest BCUT2D eigenvalue weighted by molar-refractivity contribution is 0.0880. The Kier molecular flexibility index (Phi) is 3.48. The Balaban J connectivity index is 2.34. The Morgan fingerprint density at radius 3 is 2.36 bits per heavy atom. The van der Waals surface area contributed by atoms with Crippen LogP contribution < -0.4 is 15.4 Å². The zero-order chi connectivity index (χ0) is 15.9. The summed E-state index contributed by atoms with van der Waals surface area (Å²) in [4.78, 5) is 24.3. The average molecular weight is 298 g/mol. The van der Waals surface area contributed by atoms with E-state index >= 15 is 0 Å². The van der Waals surface area contributed by atoms with E-state index in [-0.39, 0.29) is 11.8 Å². The molecule has 0 radical (unpaired) electrons. The summed E-state index contributed by atoms with van der Waals surface area (Å²) in [5.41, 5.74) is 1.35. The van der Waals surface area contributed by atoms with Crippen molar-refractivity contribution in [2.45, 2.75) is 13.8 Å². The normalized spacial score (nSPS) is 13.5. The number of hydrogen-bond acceptors (Lipinski definition) is 4. The first-order valence-electron chi connectivity index (χ1n) is 7.29. The SMILES string of the molecule is CNc1c2c(c3ccccc3c1OCC(C)C)C(=O)NC2=O. The van der Waals surface area contributed by atoms with Crippen molar-refractivity contribution >= 4 is 28.3 Å². The summed E-state index contributed by atoms with van der Waals surface area (Å²) in [6.45, 7) is 4.66. The molecule has 0 aliphatic carbocycles. The van der Waals surface area contributed by atoms with E-state index in [1.807, 2.05) is 24.3 Å². The first kappa shape index (κ1) is 14.4. The van der Waals surface area contributed by atoms with Gasteiger partial charge in [-0.25, -0.2) is 0 Å². The van der Waals surface area contributed by atoms with Gasteiger partial charge in [0.25, 0.3) is 11.8 Å². The molecule has 0 atom stereocenters. The number of carbonyl (C=O) groups excluding carboxylic acids is 2. The lowest BCUT2D eigenvalue weighted by atomic mass is 9.97. The second-order valence-electron chi connectivity index (χ2n) is 5.74. The molecule has 5 heteroatoms. The third-order valence-corrected chi connectivity index (χ3v) is 3.66. The average Bonchev–Trinajstić information content (AvgIpc) is 2.79. The number of benzene rings is 2. The van der Waals surface area contributed by atoms with Crippen molar-refractivity contribution in [3.05, 3.63) is 35.4 Å². The summed E-state index contributed by atoms with van der Waals surface area (Å²) in [5, 5.41) is 6.96. The van der Waals surface area contributed by atoms with Gasteiger partial charge in [-0.05, 0) is 11.3 Å². The van der Waals surface area contributed by atoms with Crippen LogP contribution in [0.15, 0.2) is 24.3 Å². The molecule has 0 spiro atoms. The highest BCUT2D eigenvalue weighted by Crippen LogP contribution is 2.42. The molecule has 1 aliphatic rings. The molecule has 1 aliphatic heterocycles. The summed E-state index contributed by atoms with van der Waals surface area (Å²) >= 11 is 0. The molecule has 0 unspecified atom stereocenters. The summed E-state index contributed by atoms with van der Waals surface area (Å²) < 4.78 is 5.96. The largest absolute Gasteiger partial charge is 0.490 e. The highest BCUT2D eigenvalue weighted by atomic mass is 16.5. The van der Waals surface area contributed by atoms with E-state index < -0.39 is 0 Å². The van der Waals surface area contributed by atoms with Gasteiger partial charge in [0, 0.05) is 12.4 Å². The van der Waals surface area contributed by atoms with Crippen molar-refractivity contribution in [3.63, 3.8) is 0 Å². The topological polar surface area (TPSA) is 67.4 Å². The van der Waals surface area contributed by atoms with Crippen molar-refractivity contribution in [3.8, 4) is 5.75 Å². The zero-order valence-corrected chi connectivity index (χ0v) is 12.8. The van der Waals surface area contributed by atoms with Crippen LogP contribution in [0.25, 0.3) is 10.8 Å². The number of ether oxygens (including phenoxy) is 1. The third kappa shape index (κ3) is 2.09. The van der Waals surface area contributed by atoms with Crippen LogP contribution in [-0.2, 0) is 0 Å². The smallest absolute Gasteiger partial charge is 0.261 e. The standard InChI is InChI=1S/C17H18N2O3/c1-9(2)8-22-15-11-7-5-4-6-10(11)12-13(14(15)18-3)17(21)19-16(12)20/h4-7,9,18H,8H2,1-3H3,(H,19,20,21). The Hall–Kier alpha value is -2.56. The third-order valence-electron chi connectivity index (χ3n) is 3.66. The summed E-state index contributed by atoms with van der Waals surface area (Å²) in [6, 6.07) is 7.49. The van der Waals surface area contributed by atoms with Gasteiger partial charge in [-0.1, -0.05) is 38.1 Å². The maximum atomic E-state index is 12.2. The lowest BCUT2D eigenvalue weighted by Gasteiger charge is -2.18. The van der Waals surface area contributed by atoms with Crippen LogP contribution in [-0.4, -0.2) is 25.5 Å². The second kappa shape index (κ2) is 5.33. The van der Waals surface area contributed by atoms with E-state index in [0.717, 1.165) is 10.8 Å². The lowest BCUT2D eigenvalue weighted by Crippen LogP contribution is -2.20. The molecule has 114 valence electrons. The fourth-order valence-corrected chi connectivity index (χ4v) is 2.74. The first-order chi connectivity index (χ1) is 10.5. The van der Waals surface area contributed by atoms with Crippen molar-refractivity contribution in [2.75, 3.05) is 19.0 Å². The predicted octanol–water partition coefficient (Wildman–Crippen LogP) is 2.80. The van der Waals surface area contributed by atoms with Gasteiger partial charge in [0.2, 0.25) is 0 Å². The van der Waals surface area contributed by atoms with Crippen LogP contribution in [0.2, 0.25) is 0 Å². The van der Waals surface area contributed by atoms with Crippen molar-refractivity contribution in [1.82, 2.24) is 5.32 Å². The monoisotopic (exact) mass is 298 g/mol. The number of hydrogen-bond donors (Lipinski definition) is 2. The van der Waals surface area contributed by atoms with E-state index in [0.29, 0.717) is 35.1 Å². The van der Waals surface area contributed by atoms with E-state index in [9.17, 15) is 9.59 Å². The molecular weight excluding hydrogens is 280 g/mol. The van der Waals surface area contributed by atoms with E-state index in [1.165, 1.54) is 0 Å². The van der Waals surface area contributed by atoms with Gasteiger partial charge in [0.1, 0.15) is 0 Å². The fourth-order valence-electron chi connectivity index (χ4n) is 2.74. The molecule has 0 saturated heterocycles. The molecule has 2 aromatic carbocycles. The molecule has 1 heterocycles. The first-order valence-corrected chi connectivity index (χ1v) is 7.29. The number of amides is 2. The van der Waals surface area contributed by atoms with Crippen LogP contribution >= 0.6 is 0 Å². The zero-order valence-electron chi connectivity index (χ0n) is 12.8. The minimum atomic E-state index is -0.385. The van der Waals surface area contributed by atoms with Gasteiger partial charge < -0.3 is 10.1 Å². The van der Waals surface area contributed by atoms with Crippen LogP contribution in [0.1, 0.15) is 34.6 Å². The Morgan fingerprint density at radius 2 is 1.73 bits per heavy atom. The summed E-state index contributed by atoms with van der Waals surface area (Å²) in [6.07, 6.45) is 0.